The number of fused-ring (bicyclic) bond motifs is 1. The number of benzene rings is 2. The molecular formula is C16H12Cl2N2O3. The molecule has 2 aromatic rings. The van der Waals surface area contributed by atoms with Crippen LogP contribution in [0.4, 0.5) is 0 Å². The second-order valence-corrected chi connectivity index (χ2v) is 5.67. The molecule has 0 saturated heterocycles. The van der Waals surface area contributed by atoms with Crippen LogP contribution in [0.25, 0.3) is 0 Å². The van der Waals surface area contributed by atoms with Gasteiger partial charge in [0.05, 0.1) is 16.3 Å². The third-order valence-corrected chi connectivity index (χ3v) is 3.84. The Morgan fingerprint density at radius 1 is 1.13 bits per heavy atom. The van der Waals surface area contributed by atoms with Crippen LogP contribution in [-0.2, 0) is 0 Å². The normalized spacial score (nSPS) is 13.1. The van der Waals surface area contributed by atoms with Crippen LogP contribution in [0.1, 0.15) is 22.8 Å². The van der Waals surface area contributed by atoms with Gasteiger partial charge in [-0.05, 0) is 43.3 Å². The van der Waals surface area contributed by atoms with Crippen molar-refractivity contribution in [2.75, 3.05) is 6.79 Å². The van der Waals surface area contributed by atoms with Crippen LogP contribution in [0.2, 0.25) is 10.0 Å². The van der Waals surface area contributed by atoms with E-state index in [0.717, 1.165) is 5.56 Å². The molecule has 1 aliphatic rings. The Bertz CT molecular complexity index is 806. The predicted octanol–water partition coefficient (Wildman–Crippen LogP) is 3.88. The van der Waals surface area contributed by atoms with E-state index in [0.29, 0.717) is 27.8 Å². The largest absolute Gasteiger partial charge is 0.454 e. The Hall–Kier alpha value is -2.24. The van der Waals surface area contributed by atoms with E-state index in [1.807, 2.05) is 12.1 Å². The van der Waals surface area contributed by atoms with Crippen LogP contribution >= 0.6 is 23.2 Å². The highest BCUT2D eigenvalue weighted by Gasteiger charge is 2.14. The van der Waals surface area contributed by atoms with Crippen molar-refractivity contribution >= 4 is 34.8 Å². The zero-order chi connectivity index (χ0) is 16.4. The molecule has 7 heteroatoms. The minimum absolute atomic E-state index is 0.209. The number of carbonyl (C=O) groups excluding carboxylic acids is 1. The molecule has 1 N–H and O–H groups in total. The number of nitrogens with one attached hydrogen (secondary N) is 1. The van der Waals surface area contributed by atoms with E-state index in [9.17, 15) is 4.79 Å². The molecule has 0 aliphatic carbocycles. The summed E-state index contributed by atoms with van der Waals surface area (Å²) in [7, 11) is 0. The average Bonchev–Trinajstić information content (AvgIpc) is 2.99. The van der Waals surface area contributed by atoms with Gasteiger partial charge in [0.1, 0.15) is 0 Å². The first-order valence-corrected chi connectivity index (χ1v) is 7.50. The highest BCUT2D eigenvalue weighted by molar-refractivity contribution is 6.36. The number of ether oxygens (including phenoxy) is 2. The minimum atomic E-state index is -0.410. The zero-order valence-corrected chi connectivity index (χ0v) is 13.6. The number of carbonyl (C=O) groups is 1. The van der Waals surface area contributed by atoms with Crippen molar-refractivity contribution in [2.24, 2.45) is 5.10 Å². The molecule has 23 heavy (non-hydrogen) atoms. The fourth-order valence-electron chi connectivity index (χ4n) is 2.05. The summed E-state index contributed by atoms with van der Waals surface area (Å²) < 4.78 is 10.6. The van der Waals surface area contributed by atoms with E-state index >= 15 is 0 Å². The van der Waals surface area contributed by atoms with Gasteiger partial charge in [-0.15, -0.1) is 0 Å². The SMILES string of the molecule is C/C(=N/NC(=O)c1ccc(Cl)cc1Cl)c1ccc2c(c1)OCO2. The summed E-state index contributed by atoms with van der Waals surface area (Å²) in [6, 6.07) is 10.1. The van der Waals surface area contributed by atoms with Crippen LogP contribution < -0.4 is 14.9 Å². The molecule has 0 spiro atoms. The Morgan fingerprint density at radius 3 is 2.70 bits per heavy atom. The van der Waals surface area contributed by atoms with E-state index < -0.39 is 5.91 Å². The number of hydrogen-bond donors (Lipinski definition) is 1. The number of hydrogen-bond acceptors (Lipinski definition) is 4. The quantitative estimate of drug-likeness (QED) is 0.674. The highest BCUT2D eigenvalue weighted by atomic mass is 35.5. The van der Waals surface area contributed by atoms with E-state index in [1.165, 1.54) is 6.07 Å². The molecule has 0 fully saturated rings. The van der Waals surface area contributed by atoms with E-state index in [2.05, 4.69) is 10.5 Å². The van der Waals surface area contributed by atoms with Gasteiger partial charge in [-0.3, -0.25) is 4.79 Å². The van der Waals surface area contributed by atoms with E-state index in [4.69, 9.17) is 32.7 Å². The van der Waals surface area contributed by atoms with E-state index in [1.54, 1.807) is 25.1 Å². The van der Waals surface area contributed by atoms with Crippen LogP contribution in [0.15, 0.2) is 41.5 Å². The Balaban J connectivity index is 1.75. The van der Waals surface area contributed by atoms with E-state index in [-0.39, 0.29) is 11.8 Å². The van der Waals surface area contributed by atoms with Crippen LogP contribution in [0, 0.1) is 0 Å². The summed E-state index contributed by atoms with van der Waals surface area (Å²) in [4.78, 5) is 12.1. The number of nitrogens with zero attached hydrogens (tertiary/aromatic N) is 1. The third-order valence-electron chi connectivity index (χ3n) is 3.29. The highest BCUT2D eigenvalue weighted by Crippen LogP contribution is 2.32. The van der Waals surface area contributed by atoms with Gasteiger partial charge in [-0.25, -0.2) is 5.43 Å². The smallest absolute Gasteiger partial charge is 0.272 e. The number of halogens is 2. The second kappa shape index (κ2) is 6.48. The number of rotatable bonds is 3. The summed E-state index contributed by atoms with van der Waals surface area (Å²) in [6.07, 6.45) is 0. The summed E-state index contributed by atoms with van der Waals surface area (Å²) in [5, 5.41) is 4.82. The van der Waals surface area contributed by atoms with Gasteiger partial charge >= 0.3 is 0 Å². The van der Waals surface area contributed by atoms with Crippen molar-refractivity contribution in [1.29, 1.82) is 0 Å². The standard InChI is InChI=1S/C16H12Cl2N2O3/c1-9(10-2-5-14-15(6-10)23-8-22-14)19-20-16(21)12-4-3-11(17)7-13(12)18/h2-7H,8H2,1H3,(H,20,21)/b19-9-. The van der Waals surface area contributed by atoms with Gasteiger partial charge < -0.3 is 9.47 Å². The second-order valence-electron chi connectivity index (χ2n) is 4.83. The Kier molecular flexibility index (Phi) is 4.41. The van der Waals surface area contributed by atoms with Crippen molar-refractivity contribution in [3.63, 3.8) is 0 Å². The monoisotopic (exact) mass is 350 g/mol. The minimum Gasteiger partial charge on any atom is -0.454 e. The van der Waals surface area contributed by atoms with Crippen molar-refractivity contribution in [2.45, 2.75) is 6.92 Å². The maximum absolute atomic E-state index is 12.1. The third kappa shape index (κ3) is 3.41. The topological polar surface area (TPSA) is 59.9 Å². The average molecular weight is 351 g/mol. The molecule has 1 heterocycles. The molecule has 0 aromatic heterocycles. The van der Waals surface area contributed by atoms with Crippen molar-refractivity contribution in [1.82, 2.24) is 5.43 Å². The van der Waals surface area contributed by atoms with Gasteiger partial charge in [-0.2, -0.15) is 5.10 Å². The molecule has 0 radical (unpaired) electrons. The molecular weight excluding hydrogens is 339 g/mol. The first-order chi connectivity index (χ1) is 11.0. The molecule has 0 atom stereocenters. The summed E-state index contributed by atoms with van der Waals surface area (Å²) in [6.45, 7) is 1.99. The molecule has 1 aliphatic heterocycles. The summed E-state index contributed by atoms with van der Waals surface area (Å²) in [5.74, 6) is 0.939. The maximum Gasteiger partial charge on any atom is 0.272 e. The lowest BCUT2D eigenvalue weighted by Gasteiger charge is -2.05. The fourth-order valence-corrected chi connectivity index (χ4v) is 2.55. The fraction of sp³-hybridized carbons (Fsp3) is 0.125. The Morgan fingerprint density at radius 2 is 1.91 bits per heavy atom. The maximum atomic E-state index is 12.1. The summed E-state index contributed by atoms with van der Waals surface area (Å²) in [5.41, 5.74) is 4.22. The lowest BCUT2D eigenvalue weighted by molar-refractivity contribution is 0.0955. The lowest BCUT2D eigenvalue weighted by Crippen LogP contribution is -2.19. The van der Waals surface area contributed by atoms with Gasteiger partial charge in [0.25, 0.3) is 5.91 Å². The molecule has 2 aromatic carbocycles. The number of amides is 1. The molecule has 0 saturated carbocycles. The number of hydrazone groups is 1. The first kappa shape index (κ1) is 15.6. The molecule has 118 valence electrons. The predicted molar refractivity (Wildman–Crippen MR) is 88.7 cm³/mol. The van der Waals surface area contributed by atoms with Gasteiger partial charge in [-0.1, -0.05) is 23.2 Å². The molecule has 5 nitrogen and oxygen atoms in total. The lowest BCUT2D eigenvalue weighted by atomic mass is 10.1. The van der Waals surface area contributed by atoms with Crippen LogP contribution in [-0.4, -0.2) is 18.4 Å². The molecule has 1 amide bonds. The van der Waals surface area contributed by atoms with Crippen molar-refractivity contribution in [3.05, 3.63) is 57.6 Å². The van der Waals surface area contributed by atoms with Gasteiger partial charge in [0.2, 0.25) is 6.79 Å². The van der Waals surface area contributed by atoms with Gasteiger partial charge in [0, 0.05) is 10.6 Å². The molecule has 3 rings (SSSR count). The first-order valence-electron chi connectivity index (χ1n) is 6.74. The van der Waals surface area contributed by atoms with Crippen molar-refractivity contribution < 1.29 is 14.3 Å². The summed E-state index contributed by atoms with van der Waals surface area (Å²) >= 11 is 11.8. The zero-order valence-electron chi connectivity index (χ0n) is 12.1. The van der Waals surface area contributed by atoms with Crippen LogP contribution in [0.3, 0.4) is 0 Å². The van der Waals surface area contributed by atoms with Gasteiger partial charge in [0.15, 0.2) is 11.5 Å². The Labute approximate surface area is 142 Å². The molecule has 0 unspecified atom stereocenters. The van der Waals surface area contributed by atoms with Crippen LogP contribution in [0.5, 0.6) is 11.5 Å². The van der Waals surface area contributed by atoms with Crippen molar-refractivity contribution in [3.8, 4) is 11.5 Å². The molecule has 0 bridgehead atoms.